The topological polar surface area (TPSA) is 85.6 Å². The number of hydrogen-bond acceptors (Lipinski definition) is 4. The number of carbonyl (C=O) groups excluding carboxylic acids is 2. The molecule has 4 aromatic rings. The molecule has 0 saturated heterocycles. The van der Waals surface area contributed by atoms with Gasteiger partial charge in [0.25, 0.3) is 11.8 Å². The molecule has 3 aromatic carbocycles. The third-order valence-electron chi connectivity index (χ3n) is 7.26. The van der Waals surface area contributed by atoms with E-state index >= 15 is 0 Å². The highest BCUT2D eigenvalue weighted by molar-refractivity contribution is 9.10. The van der Waals surface area contributed by atoms with Crippen molar-refractivity contribution in [3.63, 3.8) is 0 Å². The molecule has 0 radical (unpaired) electrons. The van der Waals surface area contributed by atoms with Gasteiger partial charge in [-0.05, 0) is 83.4 Å². The molecule has 1 fully saturated rings. The van der Waals surface area contributed by atoms with Gasteiger partial charge in [0.05, 0.1) is 29.1 Å². The van der Waals surface area contributed by atoms with Crippen LogP contribution in [0.1, 0.15) is 44.9 Å². The van der Waals surface area contributed by atoms with Crippen LogP contribution in [0.15, 0.2) is 69.9 Å². The highest BCUT2D eigenvalue weighted by atomic mass is 79.9. The molecular formula is C30H24BrCl2FN4O4. The molecule has 0 unspecified atom stereocenters. The van der Waals surface area contributed by atoms with E-state index in [0.717, 1.165) is 12.8 Å². The summed E-state index contributed by atoms with van der Waals surface area (Å²) in [5, 5.41) is 3.28. The van der Waals surface area contributed by atoms with Crippen LogP contribution in [-0.4, -0.2) is 38.5 Å². The summed E-state index contributed by atoms with van der Waals surface area (Å²) in [4.78, 5) is 42.5. The molecule has 2 heterocycles. The Kier molecular flexibility index (Phi) is 7.87. The minimum atomic E-state index is -0.612. The van der Waals surface area contributed by atoms with Crippen LogP contribution < -0.4 is 15.7 Å². The summed E-state index contributed by atoms with van der Waals surface area (Å²) in [6.45, 7) is 0.237. The van der Waals surface area contributed by atoms with E-state index in [0.29, 0.717) is 32.2 Å². The number of imidazole rings is 1. The van der Waals surface area contributed by atoms with Gasteiger partial charge in [-0.2, -0.15) is 0 Å². The quantitative estimate of drug-likeness (QED) is 0.262. The van der Waals surface area contributed by atoms with E-state index in [4.69, 9.17) is 27.9 Å². The predicted molar refractivity (Wildman–Crippen MR) is 160 cm³/mol. The minimum Gasteiger partial charge on any atom is -0.490 e. The molecule has 1 aromatic heterocycles. The highest BCUT2D eigenvalue weighted by Crippen LogP contribution is 2.29. The maximum atomic E-state index is 14.4. The van der Waals surface area contributed by atoms with Crippen LogP contribution in [0.25, 0.3) is 5.69 Å². The van der Waals surface area contributed by atoms with Gasteiger partial charge in [-0.1, -0.05) is 29.3 Å². The molecule has 216 valence electrons. The summed E-state index contributed by atoms with van der Waals surface area (Å²) in [5.74, 6) is -0.792. The number of hydrogen-bond donors (Lipinski definition) is 1. The lowest BCUT2D eigenvalue weighted by molar-refractivity contribution is 0.0706. The molecule has 8 nitrogen and oxygen atoms in total. The zero-order valence-electron chi connectivity index (χ0n) is 22.1. The first-order valence-electron chi connectivity index (χ1n) is 13.3. The number of benzene rings is 3. The average Bonchev–Trinajstić information content (AvgIpc) is 3.75. The fraction of sp³-hybridized carbons (Fsp3) is 0.233. The number of fused-ring (bicyclic) bond motifs is 1. The Balaban J connectivity index is 1.37. The Morgan fingerprint density at radius 3 is 2.48 bits per heavy atom. The predicted octanol–water partition coefficient (Wildman–Crippen LogP) is 5.97. The van der Waals surface area contributed by atoms with Crippen LogP contribution in [0.3, 0.4) is 0 Å². The van der Waals surface area contributed by atoms with E-state index in [1.54, 1.807) is 47.4 Å². The van der Waals surface area contributed by atoms with E-state index in [-0.39, 0.29) is 54.5 Å². The molecule has 42 heavy (non-hydrogen) atoms. The SMILES string of the molecule is O=C(NCc1c(F)cccc1Cl)c1c2n(c(=O)n1-c1ccc(OC3CC3)cc1)CCN(C(=O)c1ccc(Br)c(Cl)c1)C2. The lowest BCUT2D eigenvalue weighted by atomic mass is 10.1. The van der Waals surface area contributed by atoms with Crippen LogP contribution in [0.5, 0.6) is 5.75 Å². The first kappa shape index (κ1) is 28.5. The van der Waals surface area contributed by atoms with E-state index in [1.807, 2.05) is 0 Å². The van der Waals surface area contributed by atoms with Crippen molar-refractivity contribution in [2.75, 3.05) is 6.54 Å². The number of ether oxygens (including phenoxy) is 1. The number of aromatic nitrogens is 2. The van der Waals surface area contributed by atoms with Gasteiger partial charge in [-0.3, -0.25) is 18.7 Å². The number of amides is 2. The molecular weight excluding hydrogens is 650 g/mol. The van der Waals surface area contributed by atoms with E-state index in [2.05, 4.69) is 21.2 Å². The largest absolute Gasteiger partial charge is 0.490 e. The van der Waals surface area contributed by atoms with Crippen LogP contribution in [0, 0.1) is 5.82 Å². The molecule has 0 atom stereocenters. The van der Waals surface area contributed by atoms with Crippen molar-refractivity contribution in [3.05, 3.63) is 114 Å². The maximum Gasteiger partial charge on any atom is 0.333 e. The van der Waals surface area contributed by atoms with Crippen molar-refractivity contribution in [1.29, 1.82) is 0 Å². The molecule has 2 amide bonds. The molecule has 1 aliphatic carbocycles. The first-order valence-corrected chi connectivity index (χ1v) is 14.8. The molecule has 1 saturated carbocycles. The number of nitrogens with zero attached hydrogens (tertiary/aromatic N) is 3. The van der Waals surface area contributed by atoms with Crippen molar-refractivity contribution in [1.82, 2.24) is 19.4 Å². The minimum absolute atomic E-state index is 0.000832. The van der Waals surface area contributed by atoms with Gasteiger partial charge in [0, 0.05) is 40.3 Å². The van der Waals surface area contributed by atoms with Gasteiger partial charge in [-0.25, -0.2) is 9.18 Å². The first-order chi connectivity index (χ1) is 20.2. The molecule has 2 aliphatic rings. The molecule has 0 bridgehead atoms. The van der Waals surface area contributed by atoms with Gasteiger partial charge >= 0.3 is 5.69 Å². The van der Waals surface area contributed by atoms with Crippen LogP contribution in [0.2, 0.25) is 10.0 Å². The summed E-state index contributed by atoms with van der Waals surface area (Å²) in [5.41, 5.74) is 0.947. The number of nitrogens with one attached hydrogen (secondary N) is 1. The summed E-state index contributed by atoms with van der Waals surface area (Å²) >= 11 is 15.7. The van der Waals surface area contributed by atoms with Crippen molar-refractivity contribution in [3.8, 4) is 11.4 Å². The standard InChI is InChI=1S/C30H24BrCl2FN4O4/c31-22-11-4-17(14-24(22)33)29(40)36-12-13-37-26(16-36)27(28(39)35-15-21-23(32)2-1-3-25(21)34)38(30(37)41)18-5-7-19(8-6-18)42-20-9-10-20/h1-8,11,14,20H,9-10,12-13,15-16H2,(H,35,39). The Bertz CT molecular complexity index is 1750. The Labute approximate surface area is 258 Å². The highest BCUT2D eigenvalue weighted by Gasteiger charge is 2.32. The summed E-state index contributed by atoms with van der Waals surface area (Å²) in [7, 11) is 0. The second-order valence-corrected chi connectivity index (χ2v) is 11.8. The van der Waals surface area contributed by atoms with Crippen LogP contribution >= 0.6 is 39.1 Å². The average molecular weight is 674 g/mol. The third kappa shape index (κ3) is 5.58. The number of halogens is 4. The van der Waals surface area contributed by atoms with Crippen molar-refractivity contribution in [2.45, 2.75) is 38.6 Å². The fourth-order valence-corrected chi connectivity index (χ4v) is 5.58. The molecule has 6 rings (SSSR count). The summed E-state index contributed by atoms with van der Waals surface area (Å²) in [6.07, 6.45) is 2.22. The van der Waals surface area contributed by atoms with E-state index in [1.165, 1.54) is 27.3 Å². The van der Waals surface area contributed by atoms with Crippen molar-refractivity contribution < 1.29 is 18.7 Å². The number of rotatable bonds is 7. The Morgan fingerprint density at radius 1 is 1.02 bits per heavy atom. The van der Waals surface area contributed by atoms with Crippen molar-refractivity contribution in [2.24, 2.45) is 0 Å². The zero-order chi connectivity index (χ0) is 29.5. The van der Waals surface area contributed by atoms with E-state index in [9.17, 15) is 18.8 Å². The molecule has 12 heteroatoms. The van der Waals surface area contributed by atoms with Gasteiger partial charge in [0.2, 0.25) is 0 Å². The second-order valence-electron chi connectivity index (χ2n) is 10.1. The van der Waals surface area contributed by atoms with Gasteiger partial charge in [-0.15, -0.1) is 0 Å². The van der Waals surface area contributed by atoms with Crippen LogP contribution in [-0.2, 0) is 19.6 Å². The molecule has 1 N–H and O–H groups in total. The van der Waals surface area contributed by atoms with Crippen LogP contribution in [0.4, 0.5) is 4.39 Å². The van der Waals surface area contributed by atoms with Gasteiger partial charge < -0.3 is 15.0 Å². The number of carbonyl (C=O) groups is 2. The lowest BCUT2D eigenvalue weighted by Gasteiger charge is -2.28. The smallest absolute Gasteiger partial charge is 0.333 e. The van der Waals surface area contributed by atoms with Crippen molar-refractivity contribution >= 4 is 50.9 Å². The summed E-state index contributed by atoms with van der Waals surface area (Å²) in [6, 6.07) is 16.1. The monoisotopic (exact) mass is 672 g/mol. The fourth-order valence-electron chi connectivity index (χ4n) is 4.92. The van der Waals surface area contributed by atoms with E-state index < -0.39 is 17.4 Å². The second kappa shape index (κ2) is 11.6. The zero-order valence-corrected chi connectivity index (χ0v) is 25.2. The summed E-state index contributed by atoms with van der Waals surface area (Å²) < 4.78 is 23.8. The normalized spacial score (nSPS) is 14.4. The van der Waals surface area contributed by atoms with Gasteiger partial charge in [0.15, 0.2) is 0 Å². The molecule has 1 aliphatic heterocycles. The molecule has 0 spiro atoms. The maximum absolute atomic E-state index is 14.4. The van der Waals surface area contributed by atoms with Gasteiger partial charge in [0.1, 0.15) is 17.3 Å². The lowest BCUT2D eigenvalue weighted by Crippen LogP contribution is -2.41. The third-order valence-corrected chi connectivity index (χ3v) is 8.84. The Morgan fingerprint density at radius 2 is 1.79 bits per heavy atom. The Hall–Kier alpha value is -3.60.